The summed E-state index contributed by atoms with van der Waals surface area (Å²) >= 11 is 0. The van der Waals surface area contributed by atoms with E-state index in [4.69, 9.17) is 4.52 Å². The fraction of sp³-hybridized carbons (Fsp3) is 0.800. The Balaban J connectivity index is 2.02. The molecule has 14 heavy (non-hydrogen) atoms. The number of hydrogen-bond donors (Lipinski definition) is 0. The molecule has 1 aromatic heterocycles. The summed E-state index contributed by atoms with van der Waals surface area (Å²) in [6.07, 6.45) is 4.91. The van der Waals surface area contributed by atoms with Crippen molar-refractivity contribution in [3.05, 3.63) is 11.7 Å². The zero-order valence-electron chi connectivity index (χ0n) is 8.49. The van der Waals surface area contributed by atoms with Crippen LogP contribution in [0.3, 0.4) is 0 Å². The van der Waals surface area contributed by atoms with E-state index in [2.05, 4.69) is 15.0 Å². The molecule has 2 aliphatic heterocycles. The van der Waals surface area contributed by atoms with Gasteiger partial charge >= 0.3 is 0 Å². The van der Waals surface area contributed by atoms with E-state index in [-0.39, 0.29) is 5.54 Å². The van der Waals surface area contributed by atoms with Crippen molar-refractivity contribution in [1.82, 2.24) is 15.0 Å². The Hall–Kier alpha value is -0.900. The third-order valence-corrected chi connectivity index (χ3v) is 3.57. The van der Waals surface area contributed by atoms with Crippen LogP contribution in [0.4, 0.5) is 0 Å². The van der Waals surface area contributed by atoms with Crippen LogP contribution in [-0.4, -0.2) is 28.1 Å². The van der Waals surface area contributed by atoms with E-state index >= 15 is 0 Å². The minimum absolute atomic E-state index is 0.112. The van der Waals surface area contributed by atoms with Crippen molar-refractivity contribution in [2.24, 2.45) is 0 Å². The number of hydrogen-bond acceptors (Lipinski definition) is 4. The van der Waals surface area contributed by atoms with Crippen LogP contribution < -0.4 is 0 Å². The zero-order chi connectivity index (χ0) is 9.60. The standard InChI is InChI=1S/C10H15N3O/c1-8-11-9(14-12-8)10-4-2-6-13(10)7-3-5-10/h2-7H2,1H3. The van der Waals surface area contributed by atoms with Crippen molar-refractivity contribution in [2.45, 2.75) is 38.1 Å². The van der Waals surface area contributed by atoms with E-state index < -0.39 is 0 Å². The highest BCUT2D eigenvalue weighted by molar-refractivity contribution is 5.10. The van der Waals surface area contributed by atoms with Crippen LogP contribution >= 0.6 is 0 Å². The van der Waals surface area contributed by atoms with Crippen LogP contribution in [0.15, 0.2) is 4.52 Å². The molecule has 0 radical (unpaired) electrons. The monoisotopic (exact) mass is 193 g/mol. The Labute approximate surface area is 83.3 Å². The normalized spacial score (nSPS) is 25.5. The van der Waals surface area contributed by atoms with Crippen LogP contribution in [0.2, 0.25) is 0 Å². The number of aromatic nitrogens is 2. The first-order chi connectivity index (χ1) is 6.81. The van der Waals surface area contributed by atoms with Gasteiger partial charge in [0.2, 0.25) is 5.89 Å². The van der Waals surface area contributed by atoms with Crippen molar-refractivity contribution in [2.75, 3.05) is 13.1 Å². The van der Waals surface area contributed by atoms with E-state index in [1.807, 2.05) is 6.92 Å². The maximum atomic E-state index is 5.35. The number of aryl methyl sites for hydroxylation is 1. The van der Waals surface area contributed by atoms with Crippen LogP contribution in [0.1, 0.15) is 37.4 Å². The van der Waals surface area contributed by atoms with E-state index in [9.17, 15) is 0 Å². The first kappa shape index (κ1) is 8.41. The average molecular weight is 193 g/mol. The number of rotatable bonds is 1. The van der Waals surface area contributed by atoms with Crippen LogP contribution in [-0.2, 0) is 5.54 Å². The molecule has 3 rings (SSSR count). The summed E-state index contributed by atoms with van der Waals surface area (Å²) in [6, 6.07) is 0. The lowest BCUT2D eigenvalue weighted by Crippen LogP contribution is -2.35. The second-order valence-corrected chi connectivity index (χ2v) is 4.37. The van der Waals surface area contributed by atoms with Gasteiger partial charge in [-0.3, -0.25) is 4.90 Å². The number of fused-ring (bicyclic) bond motifs is 1. The van der Waals surface area contributed by atoms with Gasteiger partial charge in [0.25, 0.3) is 0 Å². The highest BCUT2D eigenvalue weighted by atomic mass is 16.5. The maximum Gasteiger partial charge on any atom is 0.247 e. The van der Waals surface area contributed by atoms with E-state index in [1.54, 1.807) is 0 Å². The molecule has 2 saturated heterocycles. The fourth-order valence-electron chi connectivity index (χ4n) is 2.94. The molecule has 0 unspecified atom stereocenters. The molecule has 2 fully saturated rings. The molecular weight excluding hydrogens is 178 g/mol. The molecule has 1 aromatic rings. The van der Waals surface area contributed by atoms with E-state index in [0.29, 0.717) is 0 Å². The van der Waals surface area contributed by atoms with Gasteiger partial charge in [-0.1, -0.05) is 5.16 Å². The van der Waals surface area contributed by atoms with Gasteiger partial charge in [-0.15, -0.1) is 0 Å². The Kier molecular flexibility index (Phi) is 1.68. The quantitative estimate of drug-likeness (QED) is 0.677. The molecule has 0 aromatic carbocycles. The molecule has 0 amide bonds. The summed E-state index contributed by atoms with van der Waals surface area (Å²) in [4.78, 5) is 6.92. The van der Waals surface area contributed by atoms with E-state index in [0.717, 1.165) is 11.7 Å². The summed E-state index contributed by atoms with van der Waals surface area (Å²) in [5, 5.41) is 3.90. The molecule has 4 nitrogen and oxygen atoms in total. The predicted octanol–water partition coefficient (Wildman–Crippen LogP) is 1.46. The highest BCUT2D eigenvalue weighted by Crippen LogP contribution is 2.45. The third-order valence-electron chi connectivity index (χ3n) is 3.57. The van der Waals surface area contributed by atoms with Gasteiger partial charge in [-0.25, -0.2) is 0 Å². The predicted molar refractivity (Wildman–Crippen MR) is 50.8 cm³/mol. The Morgan fingerprint density at radius 2 is 2.00 bits per heavy atom. The van der Waals surface area contributed by atoms with Crippen molar-refractivity contribution in [3.8, 4) is 0 Å². The second kappa shape index (κ2) is 2.79. The molecule has 0 bridgehead atoms. The van der Waals surface area contributed by atoms with Gasteiger partial charge in [-0.05, 0) is 45.7 Å². The molecule has 0 aliphatic carbocycles. The summed E-state index contributed by atoms with van der Waals surface area (Å²) in [6.45, 7) is 4.28. The first-order valence-corrected chi connectivity index (χ1v) is 5.37. The fourth-order valence-corrected chi connectivity index (χ4v) is 2.94. The lowest BCUT2D eigenvalue weighted by atomic mass is 9.94. The van der Waals surface area contributed by atoms with Crippen LogP contribution in [0.5, 0.6) is 0 Å². The summed E-state index contributed by atoms with van der Waals surface area (Å²) in [5.41, 5.74) is 0.112. The van der Waals surface area contributed by atoms with Crippen molar-refractivity contribution in [1.29, 1.82) is 0 Å². The second-order valence-electron chi connectivity index (χ2n) is 4.37. The minimum Gasteiger partial charge on any atom is -0.337 e. The Bertz CT molecular complexity index is 337. The number of nitrogens with zero attached hydrogens (tertiary/aromatic N) is 3. The lowest BCUT2D eigenvalue weighted by Gasteiger charge is -2.27. The minimum atomic E-state index is 0.112. The molecule has 76 valence electrons. The van der Waals surface area contributed by atoms with Crippen molar-refractivity contribution < 1.29 is 4.52 Å². The topological polar surface area (TPSA) is 42.2 Å². The van der Waals surface area contributed by atoms with Gasteiger partial charge in [0.15, 0.2) is 5.82 Å². The van der Waals surface area contributed by atoms with Crippen molar-refractivity contribution in [3.63, 3.8) is 0 Å². The van der Waals surface area contributed by atoms with Gasteiger partial charge in [-0.2, -0.15) is 4.98 Å². The third kappa shape index (κ3) is 0.974. The summed E-state index contributed by atoms with van der Waals surface area (Å²) < 4.78 is 5.35. The molecule has 0 spiro atoms. The van der Waals surface area contributed by atoms with Gasteiger partial charge < -0.3 is 4.52 Å². The summed E-state index contributed by atoms with van der Waals surface area (Å²) in [7, 11) is 0. The molecule has 4 heteroatoms. The Morgan fingerprint density at radius 3 is 2.57 bits per heavy atom. The van der Waals surface area contributed by atoms with Crippen LogP contribution in [0.25, 0.3) is 0 Å². The average Bonchev–Trinajstić information content (AvgIpc) is 2.75. The maximum absolute atomic E-state index is 5.35. The van der Waals surface area contributed by atoms with Gasteiger partial charge in [0, 0.05) is 0 Å². The zero-order valence-corrected chi connectivity index (χ0v) is 8.49. The molecule has 0 atom stereocenters. The smallest absolute Gasteiger partial charge is 0.247 e. The van der Waals surface area contributed by atoms with Crippen LogP contribution in [0, 0.1) is 6.92 Å². The van der Waals surface area contributed by atoms with Gasteiger partial charge in [0.05, 0.1) is 0 Å². The Morgan fingerprint density at radius 1 is 1.29 bits per heavy atom. The lowest BCUT2D eigenvalue weighted by molar-refractivity contribution is 0.143. The first-order valence-electron chi connectivity index (χ1n) is 5.37. The SMILES string of the molecule is Cc1noc(C23CCCN2CCC3)n1. The molecule has 2 aliphatic rings. The van der Waals surface area contributed by atoms with E-state index in [1.165, 1.54) is 38.8 Å². The highest BCUT2D eigenvalue weighted by Gasteiger charge is 2.49. The molecule has 3 heterocycles. The largest absolute Gasteiger partial charge is 0.337 e. The molecule has 0 N–H and O–H groups in total. The van der Waals surface area contributed by atoms with Gasteiger partial charge in [0.1, 0.15) is 5.54 Å². The molecular formula is C10H15N3O. The summed E-state index contributed by atoms with van der Waals surface area (Å²) in [5.74, 6) is 1.61. The van der Waals surface area contributed by atoms with Crippen molar-refractivity contribution >= 4 is 0 Å². The molecule has 0 saturated carbocycles.